The van der Waals surface area contributed by atoms with Gasteiger partial charge in [0.2, 0.25) is 0 Å². The molecule has 0 fully saturated rings. The fraction of sp³-hybridized carbons (Fsp3) is 0.0294. The Morgan fingerprint density at radius 1 is 0.711 bits per heavy atom. The summed E-state index contributed by atoms with van der Waals surface area (Å²) < 4.78 is 0. The summed E-state index contributed by atoms with van der Waals surface area (Å²) in [6, 6.07) is 40.9. The second-order valence-corrected chi connectivity index (χ2v) is 10.6. The molecule has 4 heteroatoms. The lowest BCUT2D eigenvalue weighted by molar-refractivity contribution is 0.102. The van der Waals surface area contributed by atoms with Gasteiger partial charge in [-0.2, -0.15) is 0 Å². The number of carbonyl (C=O) groups excluding carboxylic acids is 1. The van der Waals surface area contributed by atoms with Gasteiger partial charge in [0, 0.05) is 27.1 Å². The molecule has 1 unspecified atom stereocenters. The molecule has 1 N–H and O–H groups in total. The lowest BCUT2D eigenvalue weighted by atomic mass is 10.0. The zero-order valence-corrected chi connectivity index (χ0v) is 21.2. The number of ketones is 1. The number of anilines is 3. The third-order valence-corrected chi connectivity index (χ3v) is 8.18. The summed E-state index contributed by atoms with van der Waals surface area (Å²) >= 11 is 1.60. The molecule has 0 spiro atoms. The van der Waals surface area contributed by atoms with Gasteiger partial charge in [-0.05, 0) is 70.3 Å². The van der Waals surface area contributed by atoms with Gasteiger partial charge in [-0.3, -0.25) is 4.79 Å². The normalized spacial score (nSPS) is 15.9. The Balaban J connectivity index is 1.31. The molecule has 0 bridgehead atoms. The molecule has 1 aliphatic rings. The Kier molecular flexibility index (Phi) is 5.43. The number of thiophene rings is 1. The molecular weight excluding hydrogens is 486 g/mol. The molecule has 0 amide bonds. The van der Waals surface area contributed by atoms with Gasteiger partial charge < -0.3 is 10.0 Å². The average molecular weight is 510 g/mol. The van der Waals surface area contributed by atoms with Crippen molar-refractivity contribution in [2.45, 2.75) is 6.10 Å². The van der Waals surface area contributed by atoms with Crippen LogP contribution in [-0.2, 0) is 0 Å². The van der Waals surface area contributed by atoms with Crippen LogP contribution in [0.5, 0.6) is 0 Å². The van der Waals surface area contributed by atoms with E-state index in [9.17, 15) is 9.90 Å². The van der Waals surface area contributed by atoms with Crippen LogP contribution in [0.3, 0.4) is 0 Å². The molecule has 0 aliphatic heterocycles. The van der Waals surface area contributed by atoms with Crippen molar-refractivity contribution in [2.75, 3.05) is 4.90 Å². The molecule has 1 aliphatic carbocycles. The number of hydrogen-bond donors (Lipinski definition) is 1. The van der Waals surface area contributed by atoms with Crippen LogP contribution in [0, 0.1) is 0 Å². The average Bonchev–Trinajstić information content (AvgIpc) is 3.51. The molecule has 7 rings (SSSR count). The minimum Gasteiger partial charge on any atom is -0.383 e. The van der Waals surface area contributed by atoms with E-state index in [0.717, 1.165) is 37.4 Å². The lowest BCUT2D eigenvalue weighted by Gasteiger charge is -2.25. The molecular formula is C34H23NO2S. The van der Waals surface area contributed by atoms with Crippen molar-refractivity contribution in [1.82, 2.24) is 0 Å². The maximum atomic E-state index is 13.4. The molecule has 38 heavy (non-hydrogen) atoms. The highest BCUT2D eigenvalue weighted by Crippen LogP contribution is 2.44. The topological polar surface area (TPSA) is 40.5 Å². The summed E-state index contributed by atoms with van der Waals surface area (Å²) in [6.45, 7) is 0. The van der Waals surface area contributed by atoms with Gasteiger partial charge in [-0.25, -0.2) is 0 Å². The fourth-order valence-corrected chi connectivity index (χ4v) is 6.33. The zero-order valence-electron chi connectivity index (χ0n) is 20.4. The number of para-hydroxylation sites is 1. The Hall–Kier alpha value is -4.51. The van der Waals surface area contributed by atoms with E-state index in [-0.39, 0.29) is 5.78 Å². The van der Waals surface area contributed by atoms with Gasteiger partial charge in [0.05, 0.1) is 5.69 Å². The molecule has 3 nitrogen and oxygen atoms in total. The predicted octanol–water partition coefficient (Wildman–Crippen LogP) is 8.84. The summed E-state index contributed by atoms with van der Waals surface area (Å²) in [7, 11) is 0. The van der Waals surface area contributed by atoms with Crippen LogP contribution in [0.4, 0.5) is 16.4 Å². The van der Waals surface area contributed by atoms with Crippen LogP contribution < -0.4 is 4.90 Å². The van der Waals surface area contributed by atoms with Crippen molar-refractivity contribution in [1.29, 1.82) is 0 Å². The second-order valence-electron chi connectivity index (χ2n) is 9.46. The van der Waals surface area contributed by atoms with Gasteiger partial charge >= 0.3 is 0 Å². The first kappa shape index (κ1) is 22.7. The number of Topliss-reactive ketones (excluding diaryl/α,β-unsaturated/α-hetero) is 1. The third-order valence-electron chi connectivity index (χ3n) is 7.17. The number of nitrogens with zero attached hydrogens (tertiary/aromatic N) is 1. The highest BCUT2D eigenvalue weighted by Gasteiger charge is 2.33. The lowest BCUT2D eigenvalue weighted by Crippen LogP contribution is -2.08. The van der Waals surface area contributed by atoms with E-state index in [1.165, 1.54) is 5.39 Å². The zero-order chi connectivity index (χ0) is 25.6. The number of fused-ring (bicyclic) bond motifs is 3. The molecule has 1 heterocycles. The number of rotatable bonds is 4. The summed E-state index contributed by atoms with van der Waals surface area (Å²) in [5, 5.41) is 16.5. The van der Waals surface area contributed by atoms with Crippen LogP contribution in [0.1, 0.15) is 26.9 Å². The van der Waals surface area contributed by atoms with E-state index in [2.05, 4.69) is 65.6 Å². The van der Waals surface area contributed by atoms with Crippen molar-refractivity contribution in [3.8, 4) is 0 Å². The monoisotopic (exact) mass is 509 g/mol. The van der Waals surface area contributed by atoms with Crippen LogP contribution in [0.25, 0.3) is 27.6 Å². The van der Waals surface area contributed by atoms with Crippen molar-refractivity contribution in [3.63, 3.8) is 0 Å². The van der Waals surface area contributed by atoms with Crippen LogP contribution in [0.15, 0.2) is 127 Å². The van der Waals surface area contributed by atoms with Crippen molar-refractivity contribution >= 4 is 61.1 Å². The van der Waals surface area contributed by atoms with Gasteiger partial charge in [-0.15, -0.1) is 11.3 Å². The van der Waals surface area contributed by atoms with E-state index in [1.54, 1.807) is 11.3 Å². The maximum Gasteiger partial charge on any atom is 0.192 e. The molecule has 182 valence electrons. The largest absolute Gasteiger partial charge is 0.383 e. The molecule has 5 aromatic carbocycles. The molecule has 0 saturated carbocycles. The summed E-state index contributed by atoms with van der Waals surface area (Å²) in [5.41, 5.74) is 3.83. The van der Waals surface area contributed by atoms with Gasteiger partial charge in [-0.1, -0.05) is 78.9 Å². The number of benzene rings is 5. The number of aliphatic hydroxyl groups is 1. The molecule has 1 atom stereocenters. The first-order valence-electron chi connectivity index (χ1n) is 12.6. The SMILES string of the molecule is O=C1/C(=C\c2ccc(N(c3ccccc3)c3cccc4ccccc34)s2)C(O)c2cc3ccccc3cc21. The summed E-state index contributed by atoms with van der Waals surface area (Å²) in [6.07, 6.45) is 0.911. The highest BCUT2D eigenvalue weighted by molar-refractivity contribution is 7.17. The molecule has 0 radical (unpaired) electrons. The second kappa shape index (κ2) is 9.10. The van der Waals surface area contributed by atoms with Crippen LogP contribution in [0.2, 0.25) is 0 Å². The first-order valence-corrected chi connectivity index (χ1v) is 13.4. The smallest absolute Gasteiger partial charge is 0.192 e. The van der Waals surface area contributed by atoms with Crippen molar-refractivity contribution < 1.29 is 9.90 Å². The van der Waals surface area contributed by atoms with Gasteiger partial charge in [0.1, 0.15) is 11.1 Å². The highest BCUT2D eigenvalue weighted by atomic mass is 32.1. The number of aliphatic hydroxyl groups excluding tert-OH is 1. The molecule has 1 aromatic heterocycles. The fourth-order valence-electron chi connectivity index (χ4n) is 5.33. The first-order chi connectivity index (χ1) is 18.7. The minimum atomic E-state index is -0.934. The van der Waals surface area contributed by atoms with Crippen LogP contribution in [-0.4, -0.2) is 10.9 Å². The minimum absolute atomic E-state index is 0.109. The van der Waals surface area contributed by atoms with E-state index < -0.39 is 6.10 Å². The van der Waals surface area contributed by atoms with Crippen molar-refractivity contribution in [3.05, 3.63) is 143 Å². The molecule has 6 aromatic rings. The van der Waals surface area contributed by atoms with E-state index in [0.29, 0.717) is 16.7 Å². The Bertz CT molecular complexity index is 1860. The van der Waals surface area contributed by atoms with E-state index in [4.69, 9.17) is 0 Å². The summed E-state index contributed by atoms with van der Waals surface area (Å²) in [5.74, 6) is -0.109. The van der Waals surface area contributed by atoms with E-state index in [1.807, 2.05) is 66.7 Å². The third kappa shape index (κ3) is 3.74. The standard InChI is InChI=1S/C34H23NO2S/c36-33-28-19-23-10-4-5-11-24(23)20-29(28)34(37)30(33)21-26-17-18-32(38-26)35(25-13-2-1-3-14-25)31-16-8-12-22-9-6-7-15-27(22)31/h1-21,33,36H/b30-21-. The van der Waals surface area contributed by atoms with E-state index >= 15 is 0 Å². The van der Waals surface area contributed by atoms with Gasteiger partial charge in [0.25, 0.3) is 0 Å². The Morgan fingerprint density at radius 2 is 1.39 bits per heavy atom. The maximum absolute atomic E-state index is 13.4. The van der Waals surface area contributed by atoms with Crippen LogP contribution >= 0.6 is 11.3 Å². The number of hydrogen-bond acceptors (Lipinski definition) is 4. The quantitative estimate of drug-likeness (QED) is 0.241. The summed E-state index contributed by atoms with van der Waals surface area (Å²) in [4.78, 5) is 16.5. The van der Waals surface area contributed by atoms with Crippen molar-refractivity contribution in [2.24, 2.45) is 0 Å². The Labute approximate surface area is 224 Å². The Morgan fingerprint density at radius 3 is 2.21 bits per heavy atom. The molecule has 0 saturated heterocycles. The van der Waals surface area contributed by atoms with Gasteiger partial charge in [0.15, 0.2) is 5.78 Å². The predicted molar refractivity (Wildman–Crippen MR) is 158 cm³/mol. The number of carbonyl (C=O) groups is 1.